The second-order valence-electron chi connectivity index (χ2n) is 9.72. The maximum Gasteiger partial charge on any atom is 0.0900 e. The molecule has 2 heterocycles. The van der Waals surface area contributed by atoms with Gasteiger partial charge in [-0.15, -0.1) is 0 Å². The van der Waals surface area contributed by atoms with E-state index in [1.807, 2.05) is 12.1 Å². The van der Waals surface area contributed by atoms with Crippen molar-refractivity contribution in [3.05, 3.63) is 145 Å². The minimum atomic E-state index is 0.856. The average Bonchev–Trinajstić information content (AvgIpc) is 2.97. The Balaban J connectivity index is 1.59. The van der Waals surface area contributed by atoms with Crippen molar-refractivity contribution < 1.29 is 0 Å². The number of aromatic nitrogens is 2. The summed E-state index contributed by atoms with van der Waals surface area (Å²) in [7, 11) is 0. The lowest BCUT2D eigenvalue weighted by atomic mass is 9.98. The molecule has 2 nitrogen and oxygen atoms in total. The summed E-state index contributed by atoms with van der Waals surface area (Å²) in [5.74, 6) is 0. The second kappa shape index (κ2) is 10.3. The Hall–Kier alpha value is -4.82. The Bertz CT molecular complexity index is 1590. The van der Waals surface area contributed by atoms with Crippen LogP contribution >= 0.6 is 0 Å². The van der Waals surface area contributed by atoms with E-state index in [0.29, 0.717) is 0 Å². The van der Waals surface area contributed by atoms with Crippen molar-refractivity contribution in [3.8, 4) is 56.2 Å². The molecule has 0 saturated heterocycles. The molecule has 0 bridgehead atoms. The van der Waals surface area contributed by atoms with Gasteiger partial charge in [0.2, 0.25) is 0 Å². The molecule has 0 amide bonds. The van der Waals surface area contributed by atoms with Crippen LogP contribution in [0.2, 0.25) is 0 Å². The molecule has 6 aromatic rings. The Kier molecular flexibility index (Phi) is 6.37. The van der Waals surface area contributed by atoms with Gasteiger partial charge in [-0.25, -0.2) is 9.97 Å². The molecule has 0 N–H and O–H groups in total. The number of pyridine rings is 2. The smallest absolute Gasteiger partial charge is 0.0900 e. The fourth-order valence-corrected chi connectivity index (χ4v) is 4.82. The average molecular weight is 489 g/mol. The van der Waals surface area contributed by atoms with Crippen LogP contribution in [0.15, 0.2) is 133 Å². The van der Waals surface area contributed by atoms with Crippen LogP contribution in [0.3, 0.4) is 0 Å². The van der Waals surface area contributed by atoms with Crippen LogP contribution in [0.1, 0.15) is 11.1 Å². The van der Waals surface area contributed by atoms with Crippen LogP contribution in [0.4, 0.5) is 0 Å². The van der Waals surface area contributed by atoms with Crippen molar-refractivity contribution in [2.75, 3.05) is 0 Å². The highest BCUT2D eigenvalue weighted by molar-refractivity contribution is 5.80. The minimum absolute atomic E-state index is 0.856. The zero-order chi connectivity index (χ0) is 25.9. The van der Waals surface area contributed by atoms with Crippen molar-refractivity contribution in [2.24, 2.45) is 0 Å². The van der Waals surface area contributed by atoms with Gasteiger partial charge in [0, 0.05) is 11.1 Å². The first-order valence-corrected chi connectivity index (χ1v) is 12.9. The van der Waals surface area contributed by atoms with Gasteiger partial charge in [-0.1, -0.05) is 120 Å². The first kappa shape index (κ1) is 23.6. The van der Waals surface area contributed by atoms with Gasteiger partial charge in [0.05, 0.1) is 22.8 Å². The molecule has 2 heteroatoms. The van der Waals surface area contributed by atoms with E-state index in [2.05, 4.69) is 135 Å². The molecule has 0 radical (unpaired) electrons. The van der Waals surface area contributed by atoms with Crippen molar-refractivity contribution in [2.45, 2.75) is 13.8 Å². The number of benzene rings is 4. The van der Waals surface area contributed by atoms with Crippen molar-refractivity contribution >= 4 is 0 Å². The zero-order valence-corrected chi connectivity index (χ0v) is 21.6. The summed E-state index contributed by atoms with van der Waals surface area (Å²) in [6.07, 6.45) is 0. The summed E-state index contributed by atoms with van der Waals surface area (Å²) in [4.78, 5) is 10.3. The van der Waals surface area contributed by atoms with Gasteiger partial charge in [-0.2, -0.15) is 0 Å². The molecule has 0 spiro atoms. The monoisotopic (exact) mass is 488 g/mol. The van der Waals surface area contributed by atoms with Crippen LogP contribution in [0, 0.1) is 13.8 Å². The van der Waals surface area contributed by atoms with Gasteiger partial charge in [0.15, 0.2) is 0 Å². The van der Waals surface area contributed by atoms with Crippen LogP contribution in [-0.4, -0.2) is 9.97 Å². The van der Waals surface area contributed by atoms with Crippen molar-refractivity contribution in [1.82, 2.24) is 9.97 Å². The van der Waals surface area contributed by atoms with Gasteiger partial charge in [0.25, 0.3) is 0 Å². The van der Waals surface area contributed by atoms with Gasteiger partial charge >= 0.3 is 0 Å². The molecule has 2 aromatic heterocycles. The number of aryl methyl sites for hydroxylation is 2. The lowest BCUT2D eigenvalue weighted by Gasteiger charge is -2.13. The number of nitrogens with zero attached hydrogens (tertiary/aromatic N) is 2. The summed E-state index contributed by atoms with van der Waals surface area (Å²) in [6, 6.07) is 46.6. The summed E-state index contributed by atoms with van der Waals surface area (Å²) < 4.78 is 0. The number of rotatable bonds is 5. The van der Waals surface area contributed by atoms with E-state index in [1.165, 1.54) is 22.3 Å². The predicted molar refractivity (Wildman–Crippen MR) is 159 cm³/mol. The lowest BCUT2D eigenvalue weighted by molar-refractivity contribution is 1.25. The highest BCUT2D eigenvalue weighted by Gasteiger charge is 2.14. The summed E-state index contributed by atoms with van der Waals surface area (Å²) >= 11 is 0. The van der Waals surface area contributed by atoms with Crippen LogP contribution in [0.25, 0.3) is 56.2 Å². The summed E-state index contributed by atoms with van der Waals surface area (Å²) in [5, 5.41) is 0. The fourth-order valence-electron chi connectivity index (χ4n) is 4.82. The molecule has 0 fully saturated rings. The van der Waals surface area contributed by atoms with Crippen LogP contribution in [0.5, 0.6) is 0 Å². The molecule has 0 aliphatic carbocycles. The van der Waals surface area contributed by atoms with E-state index >= 15 is 0 Å². The molecule has 38 heavy (non-hydrogen) atoms. The molecule has 0 unspecified atom stereocenters. The molecular formula is C36H28N2. The zero-order valence-electron chi connectivity index (χ0n) is 21.6. The molecule has 182 valence electrons. The SMILES string of the molecule is Cc1cccc(-c2cc(-c3ccccc3)nc(-c3cc(-c4cccc(C)c4)cc(-c4ccccc4)n3)c2)c1. The maximum absolute atomic E-state index is 5.15. The first-order valence-electron chi connectivity index (χ1n) is 12.9. The molecule has 0 aliphatic rings. The van der Waals surface area contributed by atoms with Crippen LogP contribution < -0.4 is 0 Å². The molecule has 0 saturated carbocycles. The Morgan fingerprint density at radius 2 is 0.684 bits per heavy atom. The Labute approximate surface area is 224 Å². The highest BCUT2D eigenvalue weighted by Crippen LogP contribution is 2.34. The predicted octanol–water partition coefficient (Wildman–Crippen LogP) is 9.43. The van der Waals surface area contributed by atoms with E-state index in [4.69, 9.17) is 9.97 Å². The van der Waals surface area contributed by atoms with Gasteiger partial charge in [-0.05, 0) is 60.4 Å². The van der Waals surface area contributed by atoms with Gasteiger partial charge < -0.3 is 0 Å². The third-order valence-corrected chi connectivity index (χ3v) is 6.76. The summed E-state index contributed by atoms with van der Waals surface area (Å²) in [5.41, 5.74) is 12.8. The second-order valence-corrected chi connectivity index (χ2v) is 9.72. The maximum atomic E-state index is 5.15. The molecular weight excluding hydrogens is 460 g/mol. The van der Waals surface area contributed by atoms with Crippen LogP contribution in [-0.2, 0) is 0 Å². The van der Waals surface area contributed by atoms with E-state index in [9.17, 15) is 0 Å². The minimum Gasteiger partial charge on any atom is -0.246 e. The third kappa shape index (κ3) is 5.02. The Morgan fingerprint density at radius 1 is 0.316 bits per heavy atom. The van der Waals surface area contributed by atoms with E-state index in [1.54, 1.807) is 0 Å². The normalized spacial score (nSPS) is 10.9. The standard InChI is InChI=1S/C36H28N2/c1-25-11-9-17-29(19-25)31-21-33(27-13-5-3-6-14-27)37-35(23-31)36-24-32(30-18-10-12-26(2)20-30)22-34(38-36)28-15-7-4-8-16-28/h3-24H,1-2H3. The van der Waals surface area contributed by atoms with E-state index < -0.39 is 0 Å². The van der Waals surface area contributed by atoms with E-state index in [-0.39, 0.29) is 0 Å². The number of hydrogen-bond acceptors (Lipinski definition) is 2. The van der Waals surface area contributed by atoms with E-state index in [0.717, 1.165) is 45.0 Å². The molecule has 6 rings (SSSR count). The molecule has 4 aromatic carbocycles. The largest absolute Gasteiger partial charge is 0.246 e. The van der Waals surface area contributed by atoms with Crippen molar-refractivity contribution in [3.63, 3.8) is 0 Å². The summed E-state index contributed by atoms with van der Waals surface area (Å²) in [6.45, 7) is 4.26. The third-order valence-electron chi connectivity index (χ3n) is 6.76. The van der Waals surface area contributed by atoms with Gasteiger partial charge in [-0.3, -0.25) is 0 Å². The molecule has 0 aliphatic heterocycles. The Morgan fingerprint density at radius 3 is 1.08 bits per heavy atom. The number of hydrogen-bond donors (Lipinski definition) is 0. The topological polar surface area (TPSA) is 25.8 Å². The van der Waals surface area contributed by atoms with Crippen molar-refractivity contribution in [1.29, 1.82) is 0 Å². The lowest BCUT2D eigenvalue weighted by Crippen LogP contribution is -1.96. The fraction of sp³-hybridized carbons (Fsp3) is 0.0556. The first-order chi connectivity index (χ1) is 18.6. The molecule has 0 atom stereocenters. The van der Waals surface area contributed by atoms with Gasteiger partial charge in [0.1, 0.15) is 0 Å². The quantitative estimate of drug-likeness (QED) is 0.241. The highest BCUT2D eigenvalue weighted by atomic mass is 14.8.